The molecule has 0 saturated carbocycles. The molecule has 128 valence electrons. The van der Waals surface area contributed by atoms with Crippen LogP contribution in [0.1, 0.15) is 51.8 Å². The lowest BCUT2D eigenvalue weighted by Gasteiger charge is -2.31. The summed E-state index contributed by atoms with van der Waals surface area (Å²) in [6, 6.07) is 8.34. The number of H-pyrrole nitrogens is 1. The summed E-state index contributed by atoms with van der Waals surface area (Å²) in [5.74, 6) is 0.619. The van der Waals surface area contributed by atoms with Gasteiger partial charge in [-0.05, 0) is 29.2 Å². The van der Waals surface area contributed by atoms with Gasteiger partial charge in [0.05, 0.1) is 6.61 Å². The van der Waals surface area contributed by atoms with E-state index in [1.54, 1.807) is 0 Å². The summed E-state index contributed by atoms with van der Waals surface area (Å²) >= 11 is 0. The van der Waals surface area contributed by atoms with Crippen LogP contribution in [0.25, 0.3) is 16.5 Å². The first kappa shape index (κ1) is 18.2. The van der Waals surface area contributed by atoms with Crippen molar-refractivity contribution in [2.24, 2.45) is 10.9 Å². The number of nitrogens with one attached hydrogen (secondary N) is 1. The Labute approximate surface area is 144 Å². The number of hydrogen-bond donors (Lipinski definition) is 2. The molecule has 1 aliphatic heterocycles. The van der Waals surface area contributed by atoms with E-state index in [4.69, 9.17) is 0 Å². The maximum atomic E-state index is 9.83. The molecule has 1 aromatic carbocycles. The van der Waals surface area contributed by atoms with Gasteiger partial charge in [0, 0.05) is 40.5 Å². The smallest absolute Gasteiger partial charge is 0.0705 e. The Balaban J connectivity index is 0.000000487. The van der Waals surface area contributed by atoms with Crippen LogP contribution in [0, 0.1) is 5.92 Å². The third-order valence-corrected chi connectivity index (χ3v) is 4.49. The van der Waals surface area contributed by atoms with E-state index < -0.39 is 0 Å². The van der Waals surface area contributed by atoms with Crippen LogP contribution in [0.4, 0.5) is 0 Å². The molecule has 2 aliphatic rings. The van der Waals surface area contributed by atoms with Crippen LogP contribution in [0.2, 0.25) is 0 Å². The van der Waals surface area contributed by atoms with E-state index in [1.807, 2.05) is 52.3 Å². The minimum atomic E-state index is 0.0521. The SMILES string of the molecule is CC.CC.CC1c2c([nH]c3ccccc23)C(CO)=C2C=CN=CC21. The van der Waals surface area contributed by atoms with E-state index in [0.717, 1.165) is 16.8 Å². The number of aliphatic imine (C=N–C) groups is 1. The average molecular weight is 324 g/mol. The number of allylic oxidation sites excluding steroid dienone is 2. The zero-order valence-electron chi connectivity index (χ0n) is 15.3. The van der Waals surface area contributed by atoms with Gasteiger partial charge < -0.3 is 10.1 Å². The maximum absolute atomic E-state index is 9.83. The third-order valence-electron chi connectivity index (χ3n) is 4.49. The Hall–Kier alpha value is -2.13. The van der Waals surface area contributed by atoms with Gasteiger partial charge in [0.25, 0.3) is 0 Å². The Morgan fingerprint density at radius 1 is 1.12 bits per heavy atom. The number of para-hydroxylation sites is 1. The summed E-state index contributed by atoms with van der Waals surface area (Å²) in [6.45, 7) is 10.3. The van der Waals surface area contributed by atoms with Crippen LogP contribution in [-0.4, -0.2) is 22.9 Å². The quantitative estimate of drug-likeness (QED) is 0.735. The largest absolute Gasteiger partial charge is 0.392 e. The molecule has 1 aliphatic carbocycles. The van der Waals surface area contributed by atoms with Gasteiger partial charge in [-0.3, -0.25) is 4.99 Å². The molecule has 2 atom stereocenters. The van der Waals surface area contributed by atoms with Crippen molar-refractivity contribution in [3.05, 3.63) is 53.4 Å². The fourth-order valence-electron chi connectivity index (χ4n) is 3.53. The van der Waals surface area contributed by atoms with Crippen LogP contribution in [0.5, 0.6) is 0 Å². The summed E-state index contributed by atoms with van der Waals surface area (Å²) in [6.07, 6.45) is 5.84. The van der Waals surface area contributed by atoms with E-state index in [0.29, 0.717) is 5.92 Å². The van der Waals surface area contributed by atoms with Crippen LogP contribution in [-0.2, 0) is 0 Å². The lowest BCUT2D eigenvalue weighted by Crippen LogP contribution is -2.22. The first-order valence-electron chi connectivity index (χ1n) is 8.96. The van der Waals surface area contributed by atoms with Gasteiger partial charge in [-0.15, -0.1) is 0 Å². The van der Waals surface area contributed by atoms with E-state index in [1.165, 1.54) is 16.5 Å². The molecule has 4 rings (SSSR count). The first-order valence-corrected chi connectivity index (χ1v) is 8.96. The molecule has 0 bridgehead atoms. The van der Waals surface area contributed by atoms with Crippen LogP contribution >= 0.6 is 0 Å². The lowest BCUT2D eigenvalue weighted by molar-refractivity contribution is 0.347. The van der Waals surface area contributed by atoms with Crippen molar-refractivity contribution >= 4 is 22.7 Å². The minimum Gasteiger partial charge on any atom is -0.392 e. The number of fused-ring (bicyclic) bond motifs is 4. The second-order valence-electron chi connectivity index (χ2n) is 5.48. The van der Waals surface area contributed by atoms with Crippen molar-refractivity contribution in [1.82, 2.24) is 4.98 Å². The molecule has 0 amide bonds. The highest BCUT2D eigenvalue weighted by molar-refractivity contribution is 5.94. The van der Waals surface area contributed by atoms with Crippen molar-refractivity contribution in [2.45, 2.75) is 40.5 Å². The van der Waals surface area contributed by atoms with Crippen molar-refractivity contribution in [1.29, 1.82) is 0 Å². The van der Waals surface area contributed by atoms with Gasteiger partial charge in [0.2, 0.25) is 0 Å². The van der Waals surface area contributed by atoms with E-state index >= 15 is 0 Å². The van der Waals surface area contributed by atoms with Gasteiger partial charge in [-0.25, -0.2) is 0 Å². The molecule has 24 heavy (non-hydrogen) atoms. The highest BCUT2D eigenvalue weighted by Gasteiger charge is 2.34. The van der Waals surface area contributed by atoms with Gasteiger partial charge in [-0.2, -0.15) is 0 Å². The van der Waals surface area contributed by atoms with Gasteiger partial charge in [-0.1, -0.05) is 52.8 Å². The Morgan fingerprint density at radius 3 is 2.54 bits per heavy atom. The number of aromatic amines is 1. The Kier molecular flexibility index (Phi) is 6.16. The number of benzene rings is 1. The number of nitrogens with zero attached hydrogens (tertiary/aromatic N) is 1. The molecular formula is C21H28N2O. The number of aromatic nitrogens is 1. The van der Waals surface area contributed by atoms with Crippen molar-refractivity contribution in [3.63, 3.8) is 0 Å². The number of aliphatic hydroxyl groups is 1. The monoisotopic (exact) mass is 324 g/mol. The summed E-state index contributed by atoms with van der Waals surface area (Å²) in [7, 11) is 0. The van der Waals surface area contributed by atoms with Crippen molar-refractivity contribution in [3.8, 4) is 0 Å². The minimum absolute atomic E-state index is 0.0521. The molecule has 2 aromatic rings. The standard InChI is InChI=1S/C17H16N2O.2C2H6/c1-10-13-8-18-7-6-11(13)14(9-20)17-16(10)12-4-2-3-5-15(12)19-17;2*1-2/h2-8,10,13,19-20H,9H2,1H3;2*1-2H3. The fourth-order valence-corrected chi connectivity index (χ4v) is 3.53. The summed E-state index contributed by atoms with van der Waals surface area (Å²) < 4.78 is 0. The van der Waals surface area contributed by atoms with Gasteiger partial charge >= 0.3 is 0 Å². The van der Waals surface area contributed by atoms with E-state index in [9.17, 15) is 5.11 Å². The fraction of sp³-hybridized carbons (Fsp3) is 0.381. The van der Waals surface area contributed by atoms with Crippen molar-refractivity contribution < 1.29 is 5.11 Å². The highest BCUT2D eigenvalue weighted by atomic mass is 16.3. The molecule has 3 nitrogen and oxygen atoms in total. The maximum Gasteiger partial charge on any atom is 0.0705 e. The van der Waals surface area contributed by atoms with Crippen molar-refractivity contribution in [2.75, 3.05) is 6.61 Å². The van der Waals surface area contributed by atoms with E-state index in [2.05, 4.69) is 35.1 Å². The Morgan fingerprint density at radius 2 is 1.83 bits per heavy atom. The molecule has 2 N–H and O–H groups in total. The predicted octanol–water partition coefficient (Wildman–Crippen LogP) is 5.30. The molecule has 0 saturated heterocycles. The first-order chi connectivity index (χ1) is 11.8. The Bertz CT molecular complexity index is 780. The number of aliphatic hydroxyl groups excluding tert-OH is 1. The summed E-state index contributed by atoms with van der Waals surface area (Å²) in [5, 5.41) is 11.1. The van der Waals surface area contributed by atoms with Crippen LogP contribution in [0.3, 0.4) is 0 Å². The number of hydrogen-bond acceptors (Lipinski definition) is 2. The molecule has 2 heterocycles. The highest BCUT2D eigenvalue weighted by Crippen LogP contribution is 2.45. The van der Waals surface area contributed by atoms with Gasteiger partial charge in [0.15, 0.2) is 0 Å². The van der Waals surface area contributed by atoms with E-state index in [-0.39, 0.29) is 12.5 Å². The molecule has 2 unspecified atom stereocenters. The average Bonchev–Trinajstić information content (AvgIpc) is 3.05. The summed E-state index contributed by atoms with van der Waals surface area (Å²) in [5.41, 5.74) is 5.72. The third kappa shape index (κ3) is 2.84. The molecule has 1 aromatic heterocycles. The van der Waals surface area contributed by atoms with Crippen LogP contribution in [0.15, 0.2) is 47.1 Å². The lowest BCUT2D eigenvalue weighted by atomic mass is 9.74. The summed E-state index contributed by atoms with van der Waals surface area (Å²) in [4.78, 5) is 7.77. The molecule has 3 heteroatoms. The molecule has 0 spiro atoms. The molecular weight excluding hydrogens is 296 g/mol. The second-order valence-corrected chi connectivity index (χ2v) is 5.48. The van der Waals surface area contributed by atoms with Crippen LogP contribution < -0.4 is 0 Å². The zero-order chi connectivity index (χ0) is 17.7. The topological polar surface area (TPSA) is 48.4 Å². The predicted molar refractivity (Wildman–Crippen MR) is 105 cm³/mol. The second kappa shape index (κ2) is 8.11. The number of rotatable bonds is 1. The molecule has 0 fully saturated rings. The zero-order valence-corrected chi connectivity index (χ0v) is 15.3. The molecule has 0 radical (unpaired) electrons. The normalized spacial score (nSPS) is 20.6. The van der Waals surface area contributed by atoms with Gasteiger partial charge in [0.1, 0.15) is 0 Å².